The molecule has 1 amide bonds. The average molecular weight is 491 g/mol. The van der Waals surface area contributed by atoms with Crippen molar-refractivity contribution in [2.45, 2.75) is 26.2 Å². The first-order valence-corrected chi connectivity index (χ1v) is 12.7. The molecular weight excluding hydrogens is 464 g/mol. The summed E-state index contributed by atoms with van der Waals surface area (Å²) in [6.45, 7) is 3.59. The molecule has 6 nitrogen and oxygen atoms in total. The number of aryl methyl sites for hydroxylation is 1. The zero-order valence-electron chi connectivity index (χ0n) is 19.2. The van der Waals surface area contributed by atoms with E-state index in [9.17, 15) is 9.59 Å². The van der Waals surface area contributed by atoms with Crippen LogP contribution in [-0.2, 0) is 11.2 Å². The molecule has 1 aromatic carbocycles. The quantitative estimate of drug-likeness (QED) is 0.402. The van der Waals surface area contributed by atoms with E-state index in [2.05, 4.69) is 29.2 Å². The number of carbonyl (C=O) groups is 1. The molecule has 2 aliphatic rings. The van der Waals surface area contributed by atoms with Crippen LogP contribution in [0.15, 0.2) is 58.4 Å². The maximum Gasteiger partial charge on any atom is 0.267 e. The van der Waals surface area contributed by atoms with E-state index >= 15 is 0 Å². The summed E-state index contributed by atoms with van der Waals surface area (Å²) >= 11 is 6.51. The number of pyridine rings is 1. The third-order valence-electron chi connectivity index (χ3n) is 6.53. The Balaban J connectivity index is 1.50. The molecule has 174 valence electrons. The fourth-order valence-electron chi connectivity index (χ4n) is 4.59. The van der Waals surface area contributed by atoms with Crippen LogP contribution in [0.25, 0.3) is 11.7 Å². The van der Waals surface area contributed by atoms with Gasteiger partial charge < -0.3 is 4.90 Å². The molecule has 5 rings (SSSR count). The number of benzene rings is 1. The average Bonchev–Trinajstić information content (AvgIpc) is 3.09. The normalized spacial score (nSPS) is 18.5. The van der Waals surface area contributed by atoms with Crippen molar-refractivity contribution >= 4 is 51.7 Å². The Morgan fingerprint density at radius 1 is 1.12 bits per heavy atom. The Hall–Kier alpha value is -2.97. The number of thioether (sulfide) groups is 1. The van der Waals surface area contributed by atoms with Gasteiger partial charge in [0.05, 0.1) is 10.5 Å². The SMILES string of the molecule is Cc1ccc2nc(N3CCC(Cc4ccccc4)CC3)c(/C=C3/SC(=S)N(C)C3=O)c(=O)n2c1. The van der Waals surface area contributed by atoms with Crippen LogP contribution in [0.4, 0.5) is 5.82 Å². The molecule has 4 heterocycles. The number of rotatable bonds is 4. The van der Waals surface area contributed by atoms with Crippen molar-refractivity contribution in [3.8, 4) is 0 Å². The van der Waals surface area contributed by atoms with Crippen LogP contribution >= 0.6 is 24.0 Å². The monoisotopic (exact) mass is 490 g/mol. The molecule has 8 heteroatoms. The molecule has 34 heavy (non-hydrogen) atoms. The minimum absolute atomic E-state index is 0.170. The van der Waals surface area contributed by atoms with E-state index in [1.807, 2.05) is 25.1 Å². The molecule has 0 bridgehead atoms. The fourth-order valence-corrected chi connectivity index (χ4v) is 5.75. The Morgan fingerprint density at radius 2 is 1.85 bits per heavy atom. The van der Waals surface area contributed by atoms with Gasteiger partial charge in [0.1, 0.15) is 15.8 Å². The molecular formula is C26H26N4O2S2. The van der Waals surface area contributed by atoms with E-state index in [4.69, 9.17) is 17.2 Å². The van der Waals surface area contributed by atoms with E-state index in [0.717, 1.165) is 37.9 Å². The van der Waals surface area contributed by atoms with Crippen molar-refractivity contribution in [3.05, 3.63) is 80.6 Å². The number of anilines is 1. The van der Waals surface area contributed by atoms with E-state index in [-0.39, 0.29) is 11.5 Å². The lowest BCUT2D eigenvalue weighted by Gasteiger charge is -2.33. The number of carbonyl (C=O) groups excluding carboxylic acids is 1. The minimum atomic E-state index is -0.184. The smallest absolute Gasteiger partial charge is 0.267 e. The molecule has 0 saturated carbocycles. The number of hydrogen-bond acceptors (Lipinski definition) is 6. The van der Waals surface area contributed by atoms with Gasteiger partial charge in [-0.1, -0.05) is 60.4 Å². The molecule has 2 fully saturated rings. The van der Waals surface area contributed by atoms with Crippen LogP contribution in [0.2, 0.25) is 0 Å². The van der Waals surface area contributed by atoms with Crippen molar-refractivity contribution in [2.75, 3.05) is 25.0 Å². The van der Waals surface area contributed by atoms with Gasteiger partial charge in [0.2, 0.25) is 0 Å². The Morgan fingerprint density at radius 3 is 2.53 bits per heavy atom. The van der Waals surface area contributed by atoms with Gasteiger partial charge in [-0.15, -0.1) is 0 Å². The lowest BCUT2D eigenvalue weighted by atomic mass is 9.90. The third-order valence-corrected chi connectivity index (χ3v) is 8.01. The standard InChI is InChI=1S/C26H26N4O2S2/c1-17-8-9-22-27-23(29-12-10-19(11-13-29)14-18-6-4-3-5-7-18)20(24(31)30(22)16-17)15-21-25(32)28(2)26(33)34-21/h3-9,15-16,19H,10-14H2,1-2H3/b21-15+. The maximum atomic E-state index is 13.6. The second kappa shape index (κ2) is 9.35. The third kappa shape index (κ3) is 4.40. The van der Waals surface area contributed by atoms with E-state index < -0.39 is 0 Å². The van der Waals surface area contributed by atoms with E-state index in [0.29, 0.717) is 32.2 Å². The van der Waals surface area contributed by atoms with Crippen molar-refractivity contribution in [3.63, 3.8) is 0 Å². The van der Waals surface area contributed by atoms with Crippen LogP contribution in [0.5, 0.6) is 0 Å². The second-order valence-corrected chi connectivity index (χ2v) is 10.6. The number of piperidine rings is 1. The van der Waals surface area contributed by atoms with Gasteiger partial charge in [-0.05, 0) is 55.4 Å². The molecule has 0 aliphatic carbocycles. The van der Waals surface area contributed by atoms with Crippen molar-refractivity contribution < 1.29 is 4.79 Å². The summed E-state index contributed by atoms with van der Waals surface area (Å²) in [6, 6.07) is 14.4. The summed E-state index contributed by atoms with van der Waals surface area (Å²) in [5.41, 5.74) is 3.21. The van der Waals surface area contributed by atoms with Gasteiger partial charge in [0.25, 0.3) is 11.5 Å². The van der Waals surface area contributed by atoms with Gasteiger partial charge in [-0.2, -0.15) is 0 Å². The summed E-state index contributed by atoms with van der Waals surface area (Å²) in [7, 11) is 1.66. The maximum absolute atomic E-state index is 13.6. The topological polar surface area (TPSA) is 57.9 Å². The molecule has 2 aliphatic heterocycles. The second-order valence-electron chi connectivity index (χ2n) is 8.95. The van der Waals surface area contributed by atoms with Gasteiger partial charge in [-0.25, -0.2) is 4.98 Å². The summed E-state index contributed by atoms with van der Waals surface area (Å²) in [6.07, 6.45) is 6.59. The van der Waals surface area contributed by atoms with E-state index in [1.54, 1.807) is 23.7 Å². The van der Waals surface area contributed by atoms with E-state index in [1.165, 1.54) is 22.2 Å². The first kappa shape index (κ1) is 22.8. The number of nitrogens with zero attached hydrogens (tertiary/aromatic N) is 4. The Kier molecular flexibility index (Phi) is 6.27. The summed E-state index contributed by atoms with van der Waals surface area (Å²) in [5, 5.41) is 0. The number of likely N-dealkylation sites (N-methyl/N-ethyl adjacent to an activating group) is 1. The highest BCUT2D eigenvalue weighted by atomic mass is 32.2. The van der Waals surface area contributed by atoms with Gasteiger partial charge in [0.15, 0.2) is 0 Å². The van der Waals surface area contributed by atoms with Crippen LogP contribution in [0.1, 0.15) is 29.5 Å². The Bertz CT molecular complexity index is 1360. The number of aromatic nitrogens is 2. The zero-order valence-corrected chi connectivity index (χ0v) is 20.9. The molecule has 0 atom stereocenters. The summed E-state index contributed by atoms with van der Waals surface area (Å²) in [5.74, 6) is 1.06. The lowest BCUT2D eigenvalue weighted by molar-refractivity contribution is -0.121. The van der Waals surface area contributed by atoms with Gasteiger partial charge >= 0.3 is 0 Å². The molecule has 2 aromatic heterocycles. The molecule has 2 saturated heterocycles. The number of amides is 1. The molecule has 0 radical (unpaired) electrons. The molecule has 0 spiro atoms. The lowest BCUT2D eigenvalue weighted by Crippen LogP contribution is -2.37. The molecule has 0 unspecified atom stereocenters. The van der Waals surface area contributed by atoms with Crippen LogP contribution in [0, 0.1) is 12.8 Å². The van der Waals surface area contributed by atoms with Gasteiger partial charge in [-0.3, -0.25) is 18.9 Å². The van der Waals surface area contributed by atoms with Crippen LogP contribution in [-0.4, -0.2) is 44.6 Å². The van der Waals surface area contributed by atoms with Crippen molar-refractivity contribution in [2.24, 2.45) is 5.92 Å². The highest BCUT2D eigenvalue weighted by Gasteiger charge is 2.31. The summed E-state index contributed by atoms with van der Waals surface area (Å²) in [4.78, 5) is 35.2. The molecule has 3 aromatic rings. The number of hydrogen-bond donors (Lipinski definition) is 0. The van der Waals surface area contributed by atoms with Gasteiger partial charge in [0, 0.05) is 26.3 Å². The fraction of sp³-hybridized carbons (Fsp3) is 0.308. The van der Waals surface area contributed by atoms with Crippen LogP contribution < -0.4 is 10.5 Å². The molecule has 0 N–H and O–H groups in total. The van der Waals surface area contributed by atoms with Crippen molar-refractivity contribution in [1.82, 2.24) is 14.3 Å². The highest BCUT2D eigenvalue weighted by molar-refractivity contribution is 8.26. The number of fused-ring (bicyclic) bond motifs is 1. The predicted molar refractivity (Wildman–Crippen MR) is 142 cm³/mol. The highest BCUT2D eigenvalue weighted by Crippen LogP contribution is 2.33. The first-order chi connectivity index (χ1) is 16.4. The zero-order chi connectivity index (χ0) is 23.8. The van der Waals surface area contributed by atoms with Crippen LogP contribution in [0.3, 0.4) is 0 Å². The predicted octanol–water partition coefficient (Wildman–Crippen LogP) is 4.29. The largest absolute Gasteiger partial charge is 0.356 e. The number of thiocarbonyl (C=S) groups is 1. The van der Waals surface area contributed by atoms with Crippen molar-refractivity contribution in [1.29, 1.82) is 0 Å². The minimum Gasteiger partial charge on any atom is -0.356 e. The Labute approximate surface area is 208 Å². The first-order valence-electron chi connectivity index (χ1n) is 11.4. The summed E-state index contributed by atoms with van der Waals surface area (Å²) < 4.78 is 2.06.